The summed E-state index contributed by atoms with van der Waals surface area (Å²) in [4.78, 5) is 8.48. The van der Waals surface area contributed by atoms with E-state index < -0.39 is 0 Å². The summed E-state index contributed by atoms with van der Waals surface area (Å²) < 4.78 is 0. The zero-order valence-electron chi connectivity index (χ0n) is 9.68. The molecule has 0 saturated carbocycles. The van der Waals surface area contributed by atoms with Gasteiger partial charge in [0.25, 0.3) is 0 Å². The minimum Gasteiger partial charge on any atom is -0.383 e. The van der Waals surface area contributed by atoms with E-state index in [1.807, 2.05) is 6.26 Å². The molecule has 2 aromatic rings. The first kappa shape index (κ1) is 12.2. The van der Waals surface area contributed by atoms with E-state index in [0.29, 0.717) is 11.0 Å². The van der Waals surface area contributed by atoms with E-state index in [1.54, 1.807) is 17.4 Å². The van der Waals surface area contributed by atoms with Crippen molar-refractivity contribution in [3.63, 3.8) is 0 Å². The molecule has 0 saturated heterocycles. The molecule has 0 bridgehead atoms. The number of rotatable bonds is 4. The number of hydrogen-bond acceptors (Lipinski definition) is 6. The highest BCUT2D eigenvalue weighted by Gasteiger charge is 2.08. The molecule has 0 aromatic carbocycles. The molecule has 17 heavy (non-hydrogen) atoms. The summed E-state index contributed by atoms with van der Waals surface area (Å²) in [6.07, 6.45) is 1.93. The Morgan fingerprint density at radius 1 is 1.47 bits per heavy atom. The lowest BCUT2D eigenvalue weighted by Gasteiger charge is -2.13. The number of thiophene rings is 1. The first-order valence-corrected chi connectivity index (χ1v) is 7.33. The molecule has 3 N–H and O–H groups in total. The second-order valence-corrected chi connectivity index (χ2v) is 5.14. The van der Waals surface area contributed by atoms with Crippen LogP contribution in [-0.4, -0.2) is 16.2 Å². The Balaban J connectivity index is 2.15. The average Bonchev–Trinajstić information content (AvgIpc) is 2.81. The molecular weight excluding hydrogens is 252 g/mol. The summed E-state index contributed by atoms with van der Waals surface area (Å²) in [7, 11) is 0. The quantitative estimate of drug-likeness (QED) is 0.658. The second kappa shape index (κ2) is 5.37. The first-order chi connectivity index (χ1) is 8.19. The molecule has 0 amide bonds. The van der Waals surface area contributed by atoms with Gasteiger partial charge in [0.2, 0.25) is 0 Å². The van der Waals surface area contributed by atoms with Crippen LogP contribution in [0.5, 0.6) is 0 Å². The summed E-state index contributed by atoms with van der Waals surface area (Å²) in [5.41, 5.74) is 6.98. The van der Waals surface area contributed by atoms with Gasteiger partial charge >= 0.3 is 0 Å². The van der Waals surface area contributed by atoms with E-state index in [1.165, 1.54) is 17.3 Å². The van der Waals surface area contributed by atoms with Crippen LogP contribution in [0.15, 0.2) is 28.0 Å². The van der Waals surface area contributed by atoms with Crippen LogP contribution < -0.4 is 11.1 Å². The summed E-state index contributed by atoms with van der Waals surface area (Å²) in [5, 5.41) is 8.19. The van der Waals surface area contributed by atoms with Crippen molar-refractivity contribution in [3.8, 4) is 0 Å². The van der Waals surface area contributed by atoms with Gasteiger partial charge in [0.15, 0.2) is 5.16 Å². The fourth-order valence-corrected chi connectivity index (χ4v) is 2.58. The smallest absolute Gasteiger partial charge is 0.191 e. The van der Waals surface area contributed by atoms with Crippen molar-refractivity contribution in [1.82, 2.24) is 9.97 Å². The van der Waals surface area contributed by atoms with Crippen molar-refractivity contribution < 1.29 is 0 Å². The summed E-state index contributed by atoms with van der Waals surface area (Å²) in [6.45, 7) is 2.10. The van der Waals surface area contributed by atoms with Crippen LogP contribution in [0.1, 0.15) is 18.5 Å². The van der Waals surface area contributed by atoms with Gasteiger partial charge in [-0.1, -0.05) is 11.8 Å². The molecule has 2 aromatic heterocycles. The number of nitrogens with zero attached hydrogens (tertiary/aromatic N) is 2. The number of aromatic nitrogens is 2. The molecular formula is C11H14N4S2. The SMILES string of the molecule is CSc1nc(N)cc(NC(C)c2ccsc2)n1. The van der Waals surface area contributed by atoms with Crippen molar-refractivity contribution in [2.75, 3.05) is 17.3 Å². The van der Waals surface area contributed by atoms with Crippen LogP contribution in [0.2, 0.25) is 0 Å². The van der Waals surface area contributed by atoms with Crippen LogP contribution in [0.3, 0.4) is 0 Å². The van der Waals surface area contributed by atoms with E-state index in [9.17, 15) is 0 Å². The lowest BCUT2D eigenvalue weighted by Crippen LogP contribution is -2.08. The molecule has 0 radical (unpaired) electrons. The minimum absolute atomic E-state index is 0.213. The Hall–Kier alpha value is -1.27. The number of nitrogens with one attached hydrogen (secondary N) is 1. The Labute approximate surface area is 109 Å². The van der Waals surface area contributed by atoms with Crippen molar-refractivity contribution >= 4 is 34.7 Å². The van der Waals surface area contributed by atoms with Crippen LogP contribution >= 0.6 is 23.1 Å². The number of hydrogen-bond donors (Lipinski definition) is 2. The Bertz CT molecular complexity index is 484. The van der Waals surface area contributed by atoms with Crippen LogP contribution in [0.4, 0.5) is 11.6 Å². The zero-order valence-corrected chi connectivity index (χ0v) is 11.3. The van der Waals surface area contributed by atoms with E-state index >= 15 is 0 Å². The molecule has 2 rings (SSSR count). The van der Waals surface area contributed by atoms with E-state index in [-0.39, 0.29) is 6.04 Å². The molecule has 0 aliphatic heterocycles. The maximum Gasteiger partial charge on any atom is 0.191 e. The molecule has 2 heterocycles. The minimum atomic E-state index is 0.213. The number of nitrogen functional groups attached to an aromatic ring is 1. The van der Waals surface area contributed by atoms with Crippen molar-refractivity contribution in [2.45, 2.75) is 18.1 Å². The predicted octanol–water partition coefficient (Wildman–Crippen LogP) is 3.02. The molecule has 0 aliphatic rings. The van der Waals surface area contributed by atoms with Gasteiger partial charge in [-0.25, -0.2) is 9.97 Å². The van der Waals surface area contributed by atoms with Gasteiger partial charge in [-0.15, -0.1) is 0 Å². The Kier molecular flexibility index (Phi) is 3.86. The average molecular weight is 266 g/mol. The largest absolute Gasteiger partial charge is 0.383 e. The van der Waals surface area contributed by atoms with Gasteiger partial charge in [-0.05, 0) is 35.6 Å². The molecule has 1 atom stereocenters. The third-order valence-electron chi connectivity index (χ3n) is 2.32. The predicted molar refractivity (Wildman–Crippen MR) is 74.6 cm³/mol. The third-order valence-corrected chi connectivity index (χ3v) is 3.56. The Morgan fingerprint density at radius 2 is 2.29 bits per heavy atom. The number of anilines is 2. The highest BCUT2D eigenvalue weighted by atomic mass is 32.2. The maximum atomic E-state index is 5.73. The molecule has 0 fully saturated rings. The summed E-state index contributed by atoms with van der Waals surface area (Å²) >= 11 is 3.17. The molecule has 0 aliphatic carbocycles. The first-order valence-electron chi connectivity index (χ1n) is 5.16. The van der Waals surface area contributed by atoms with Crippen molar-refractivity contribution in [1.29, 1.82) is 0 Å². The van der Waals surface area contributed by atoms with Crippen LogP contribution in [0.25, 0.3) is 0 Å². The maximum absolute atomic E-state index is 5.73. The lowest BCUT2D eigenvalue weighted by molar-refractivity contribution is 0.861. The molecule has 90 valence electrons. The lowest BCUT2D eigenvalue weighted by atomic mass is 10.2. The van der Waals surface area contributed by atoms with Gasteiger partial charge in [0.05, 0.1) is 6.04 Å². The monoisotopic (exact) mass is 266 g/mol. The van der Waals surface area contributed by atoms with Gasteiger partial charge in [0, 0.05) is 6.07 Å². The van der Waals surface area contributed by atoms with Gasteiger partial charge in [-0.3, -0.25) is 0 Å². The van der Waals surface area contributed by atoms with E-state index in [4.69, 9.17) is 5.73 Å². The fraction of sp³-hybridized carbons (Fsp3) is 0.273. The normalized spacial score (nSPS) is 12.4. The van der Waals surface area contributed by atoms with E-state index in [0.717, 1.165) is 5.82 Å². The van der Waals surface area contributed by atoms with E-state index in [2.05, 4.69) is 39.0 Å². The van der Waals surface area contributed by atoms with Crippen LogP contribution in [0, 0.1) is 0 Å². The fourth-order valence-electron chi connectivity index (χ4n) is 1.43. The van der Waals surface area contributed by atoms with Gasteiger partial charge in [0.1, 0.15) is 11.6 Å². The molecule has 0 spiro atoms. The number of thioether (sulfide) groups is 1. The highest BCUT2D eigenvalue weighted by Crippen LogP contribution is 2.22. The van der Waals surface area contributed by atoms with Crippen molar-refractivity contribution in [2.24, 2.45) is 0 Å². The second-order valence-electron chi connectivity index (χ2n) is 3.59. The standard InChI is InChI=1S/C11H14N4S2/c1-7(8-3-4-17-6-8)13-10-5-9(12)14-11(15-10)16-2/h3-7H,1-2H3,(H3,12,13,14,15). The highest BCUT2D eigenvalue weighted by molar-refractivity contribution is 7.98. The number of nitrogens with two attached hydrogens (primary N) is 1. The summed E-state index contributed by atoms with van der Waals surface area (Å²) in [6, 6.07) is 4.07. The molecule has 6 heteroatoms. The third kappa shape index (κ3) is 3.10. The van der Waals surface area contributed by atoms with Crippen LogP contribution in [-0.2, 0) is 0 Å². The zero-order chi connectivity index (χ0) is 12.3. The van der Waals surface area contributed by atoms with Crippen molar-refractivity contribution in [3.05, 3.63) is 28.5 Å². The summed E-state index contributed by atoms with van der Waals surface area (Å²) in [5.74, 6) is 1.25. The molecule has 1 unspecified atom stereocenters. The molecule has 4 nitrogen and oxygen atoms in total. The van der Waals surface area contributed by atoms with Gasteiger partial charge in [-0.2, -0.15) is 11.3 Å². The topological polar surface area (TPSA) is 63.8 Å². The van der Waals surface area contributed by atoms with Gasteiger partial charge < -0.3 is 11.1 Å². The Morgan fingerprint density at radius 3 is 2.94 bits per heavy atom.